The van der Waals surface area contributed by atoms with Crippen molar-refractivity contribution in [1.82, 2.24) is 14.8 Å². The summed E-state index contributed by atoms with van der Waals surface area (Å²) in [7, 11) is 0. The molecule has 2 aromatic carbocycles. The Morgan fingerprint density at radius 3 is 2.23 bits per heavy atom. The number of hydrogen-bond acceptors (Lipinski definition) is 4. The lowest BCUT2D eigenvalue weighted by Crippen LogP contribution is -2.29. The minimum absolute atomic E-state index is 0.0274. The number of nitrogens with zero attached hydrogens (tertiary/aromatic N) is 4. The van der Waals surface area contributed by atoms with Gasteiger partial charge in [-0.15, -0.1) is 0 Å². The number of hydrogen-bond donors (Lipinski definition) is 0. The highest BCUT2D eigenvalue weighted by atomic mass is 19.2. The second-order valence-corrected chi connectivity index (χ2v) is 6.91. The monoisotopic (exact) mass is 426 g/mol. The Morgan fingerprint density at radius 1 is 0.839 bits per heavy atom. The molecule has 6 nitrogen and oxygen atoms in total. The van der Waals surface area contributed by atoms with E-state index in [1.807, 2.05) is 0 Å². The molecule has 0 N–H and O–H groups in total. The van der Waals surface area contributed by atoms with Gasteiger partial charge in [0.2, 0.25) is 0 Å². The summed E-state index contributed by atoms with van der Waals surface area (Å²) in [4.78, 5) is 30.9. The molecule has 0 radical (unpaired) electrons. The Kier molecular flexibility index (Phi) is 3.94. The number of carbonyl (C=O) groups excluding carboxylic acids is 2. The molecule has 0 unspecified atom stereocenters. The summed E-state index contributed by atoms with van der Waals surface area (Å²) in [5.41, 5.74) is 0.218. The molecule has 31 heavy (non-hydrogen) atoms. The lowest BCUT2D eigenvalue weighted by atomic mass is 10.1. The van der Waals surface area contributed by atoms with Gasteiger partial charge < -0.3 is 0 Å². The first-order valence-corrected chi connectivity index (χ1v) is 8.95. The summed E-state index contributed by atoms with van der Waals surface area (Å²) in [6.07, 6.45) is 1.14. The van der Waals surface area contributed by atoms with E-state index in [-0.39, 0.29) is 39.2 Å². The largest absolute Gasteiger partial charge is 0.268 e. The number of anilines is 1. The number of fused-ring (bicyclic) bond motifs is 3. The molecule has 2 aromatic heterocycles. The molecule has 0 fully saturated rings. The molecule has 1 aliphatic rings. The Bertz CT molecular complexity index is 1430. The normalized spacial score (nSPS) is 13.4. The molecule has 1 aliphatic heterocycles. The molecule has 0 aliphatic carbocycles. The molecule has 0 saturated carbocycles. The quantitative estimate of drug-likeness (QED) is 0.358. The van der Waals surface area contributed by atoms with Crippen molar-refractivity contribution in [2.45, 2.75) is 6.92 Å². The van der Waals surface area contributed by atoms with Crippen LogP contribution in [-0.2, 0) is 0 Å². The van der Waals surface area contributed by atoms with Crippen LogP contribution in [0.2, 0.25) is 0 Å². The van der Waals surface area contributed by atoms with Gasteiger partial charge in [0, 0.05) is 18.3 Å². The van der Waals surface area contributed by atoms with Crippen molar-refractivity contribution in [3.63, 3.8) is 0 Å². The van der Waals surface area contributed by atoms with Gasteiger partial charge in [-0.25, -0.2) is 32.1 Å². The predicted octanol–water partition coefficient (Wildman–Crippen LogP) is 4.09. The number of aryl methyl sites for hydroxylation is 1. The highest BCUT2D eigenvalue weighted by Gasteiger charge is 2.40. The highest BCUT2D eigenvalue weighted by molar-refractivity contribution is 6.37. The second-order valence-electron chi connectivity index (χ2n) is 6.91. The number of amides is 2. The maximum atomic E-state index is 13.7. The van der Waals surface area contributed by atoms with Crippen LogP contribution < -0.4 is 4.90 Å². The van der Waals surface area contributed by atoms with Crippen molar-refractivity contribution >= 4 is 28.5 Å². The van der Waals surface area contributed by atoms with Crippen LogP contribution in [0.15, 0.2) is 42.6 Å². The standard InChI is InChI=1S/C21H10F4N4O2/c1-9-17-18-14(20(30)28(21(18)31)12-2-3-15(24)16(25)7-12)8-26-19(17)29(27-9)13-5-10(22)4-11(23)6-13/h2-8H,1H3. The Balaban J connectivity index is 1.71. The summed E-state index contributed by atoms with van der Waals surface area (Å²) in [6.45, 7) is 1.55. The number of halogens is 4. The molecule has 3 heterocycles. The highest BCUT2D eigenvalue weighted by Crippen LogP contribution is 2.35. The topological polar surface area (TPSA) is 68.1 Å². The summed E-state index contributed by atoms with van der Waals surface area (Å²) in [6, 6.07) is 5.46. The summed E-state index contributed by atoms with van der Waals surface area (Å²) < 4.78 is 55.5. The predicted molar refractivity (Wildman–Crippen MR) is 101 cm³/mol. The molecule has 0 atom stereocenters. The average molecular weight is 426 g/mol. The van der Waals surface area contributed by atoms with Crippen molar-refractivity contribution in [3.8, 4) is 5.69 Å². The van der Waals surface area contributed by atoms with E-state index in [4.69, 9.17) is 0 Å². The van der Waals surface area contributed by atoms with Crippen molar-refractivity contribution in [3.05, 3.63) is 82.7 Å². The van der Waals surface area contributed by atoms with Crippen molar-refractivity contribution in [2.75, 3.05) is 4.90 Å². The van der Waals surface area contributed by atoms with Crippen LogP contribution in [-0.4, -0.2) is 26.6 Å². The van der Waals surface area contributed by atoms with E-state index < -0.39 is 35.1 Å². The van der Waals surface area contributed by atoms with E-state index in [1.54, 1.807) is 6.92 Å². The van der Waals surface area contributed by atoms with Crippen LogP contribution in [0.1, 0.15) is 26.4 Å². The molecule has 0 bridgehead atoms. The number of imide groups is 1. The molecule has 4 aromatic rings. The fourth-order valence-electron chi connectivity index (χ4n) is 3.66. The van der Waals surface area contributed by atoms with Gasteiger partial charge in [0.05, 0.1) is 33.6 Å². The number of pyridine rings is 1. The minimum atomic E-state index is -1.21. The first-order chi connectivity index (χ1) is 14.8. The number of aromatic nitrogens is 3. The van der Waals surface area contributed by atoms with Gasteiger partial charge in [0.15, 0.2) is 17.3 Å². The van der Waals surface area contributed by atoms with E-state index >= 15 is 0 Å². The fourth-order valence-corrected chi connectivity index (χ4v) is 3.66. The molecular weight excluding hydrogens is 416 g/mol. The molecule has 5 rings (SSSR count). The maximum absolute atomic E-state index is 13.7. The number of benzene rings is 2. The zero-order chi connectivity index (χ0) is 22.0. The van der Waals surface area contributed by atoms with Gasteiger partial charge in [0.1, 0.15) is 11.6 Å². The summed E-state index contributed by atoms with van der Waals surface area (Å²) in [5, 5.41) is 4.45. The zero-order valence-electron chi connectivity index (χ0n) is 15.7. The smallest absolute Gasteiger partial charge is 0.267 e. The number of carbonyl (C=O) groups is 2. The van der Waals surface area contributed by atoms with Crippen LogP contribution >= 0.6 is 0 Å². The first-order valence-electron chi connectivity index (χ1n) is 8.95. The molecule has 154 valence electrons. The molecule has 0 spiro atoms. The zero-order valence-corrected chi connectivity index (χ0v) is 15.7. The van der Waals surface area contributed by atoms with Crippen LogP contribution in [0.4, 0.5) is 23.2 Å². The van der Waals surface area contributed by atoms with Gasteiger partial charge in [-0.05, 0) is 31.2 Å². The van der Waals surface area contributed by atoms with E-state index in [1.165, 1.54) is 0 Å². The Hall–Kier alpha value is -4.08. The van der Waals surface area contributed by atoms with Crippen molar-refractivity contribution < 1.29 is 27.2 Å². The second kappa shape index (κ2) is 6.46. The van der Waals surface area contributed by atoms with Gasteiger partial charge in [-0.1, -0.05) is 0 Å². The van der Waals surface area contributed by atoms with E-state index in [0.29, 0.717) is 11.0 Å². The minimum Gasteiger partial charge on any atom is -0.268 e. The van der Waals surface area contributed by atoms with Gasteiger partial charge in [-0.2, -0.15) is 5.10 Å². The maximum Gasteiger partial charge on any atom is 0.267 e. The third-order valence-electron chi connectivity index (χ3n) is 4.98. The van der Waals surface area contributed by atoms with Gasteiger partial charge in [0.25, 0.3) is 11.8 Å². The van der Waals surface area contributed by atoms with Crippen LogP contribution in [0.3, 0.4) is 0 Å². The van der Waals surface area contributed by atoms with Crippen LogP contribution in [0.5, 0.6) is 0 Å². The van der Waals surface area contributed by atoms with Crippen molar-refractivity contribution in [2.24, 2.45) is 0 Å². The Labute approximate surface area is 171 Å². The molecule has 2 amide bonds. The molecular formula is C21H10F4N4O2. The summed E-state index contributed by atoms with van der Waals surface area (Å²) >= 11 is 0. The lowest BCUT2D eigenvalue weighted by molar-refractivity contribution is 0.0926. The van der Waals surface area contributed by atoms with E-state index in [2.05, 4.69) is 10.1 Å². The molecule has 10 heteroatoms. The third-order valence-corrected chi connectivity index (χ3v) is 4.98. The first kappa shape index (κ1) is 18.9. The Morgan fingerprint density at radius 2 is 1.55 bits per heavy atom. The average Bonchev–Trinajstić information content (AvgIpc) is 3.18. The summed E-state index contributed by atoms with van der Waals surface area (Å²) in [5.74, 6) is -5.52. The fraction of sp³-hybridized carbons (Fsp3) is 0.0476. The van der Waals surface area contributed by atoms with Crippen LogP contribution in [0, 0.1) is 30.2 Å². The number of rotatable bonds is 2. The van der Waals surface area contributed by atoms with E-state index in [9.17, 15) is 27.2 Å². The third kappa shape index (κ3) is 2.71. The lowest BCUT2D eigenvalue weighted by Gasteiger charge is -2.13. The SMILES string of the molecule is Cc1nn(-c2cc(F)cc(F)c2)c2ncc3c(c12)C(=O)N(c1ccc(F)c(F)c1)C3=O. The van der Waals surface area contributed by atoms with Crippen LogP contribution in [0.25, 0.3) is 16.7 Å². The van der Waals surface area contributed by atoms with Crippen molar-refractivity contribution in [1.29, 1.82) is 0 Å². The molecule has 0 saturated heterocycles. The van der Waals surface area contributed by atoms with E-state index in [0.717, 1.165) is 41.2 Å². The van der Waals surface area contributed by atoms with Gasteiger partial charge in [-0.3, -0.25) is 9.59 Å². The van der Waals surface area contributed by atoms with Gasteiger partial charge >= 0.3 is 0 Å².